The van der Waals surface area contributed by atoms with E-state index in [1.54, 1.807) is 4.57 Å². The molecule has 21 heavy (non-hydrogen) atoms. The first-order valence-electron chi connectivity index (χ1n) is 7.48. The Morgan fingerprint density at radius 2 is 2.14 bits per heavy atom. The van der Waals surface area contributed by atoms with Crippen molar-refractivity contribution in [2.75, 3.05) is 0 Å². The van der Waals surface area contributed by atoms with Gasteiger partial charge in [-0.3, -0.25) is 14.9 Å². The molecule has 2 aliphatic heterocycles. The molecule has 2 saturated heterocycles. The first kappa shape index (κ1) is 14.1. The van der Waals surface area contributed by atoms with Gasteiger partial charge in [0.15, 0.2) is 0 Å². The van der Waals surface area contributed by atoms with E-state index in [2.05, 4.69) is 10.6 Å². The average molecular weight is 292 g/mol. The van der Waals surface area contributed by atoms with E-state index in [0.717, 1.165) is 12.8 Å². The molecule has 1 aromatic heterocycles. The van der Waals surface area contributed by atoms with Crippen LogP contribution in [0.4, 0.5) is 5.69 Å². The van der Waals surface area contributed by atoms with Crippen LogP contribution >= 0.6 is 0 Å². The molecule has 2 atom stereocenters. The van der Waals surface area contributed by atoms with Gasteiger partial charge >= 0.3 is 0 Å². The van der Waals surface area contributed by atoms with Crippen LogP contribution < -0.4 is 10.6 Å². The molecular weight excluding hydrogens is 272 g/mol. The summed E-state index contributed by atoms with van der Waals surface area (Å²) in [5.41, 5.74) is 0.336. The average Bonchev–Trinajstić information content (AvgIpc) is 3.02. The van der Waals surface area contributed by atoms with Gasteiger partial charge in [0.1, 0.15) is 5.69 Å². The molecule has 1 amide bonds. The minimum atomic E-state index is -0.465. The van der Waals surface area contributed by atoms with Crippen molar-refractivity contribution in [3.05, 3.63) is 28.1 Å². The second-order valence-electron chi connectivity index (χ2n) is 5.91. The zero-order valence-corrected chi connectivity index (χ0v) is 12.0. The van der Waals surface area contributed by atoms with Crippen LogP contribution in [0.25, 0.3) is 0 Å². The number of fused-ring (bicyclic) bond motifs is 2. The highest BCUT2D eigenvalue weighted by Gasteiger charge is 2.34. The van der Waals surface area contributed by atoms with Gasteiger partial charge in [-0.2, -0.15) is 0 Å². The minimum Gasteiger partial charge on any atom is -0.348 e. The van der Waals surface area contributed by atoms with E-state index in [1.165, 1.54) is 25.1 Å². The van der Waals surface area contributed by atoms with Crippen LogP contribution in [0.5, 0.6) is 0 Å². The number of carbonyl (C=O) groups excluding carboxylic acids is 1. The number of piperidine rings is 1. The molecule has 114 valence electrons. The molecule has 7 heteroatoms. The summed E-state index contributed by atoms with van der Waals surface area (Å²) in [7, 11) is 0. The third kappa shape index (κ3) is 2.78. The number of nitrogens with one attached hydrogen (secondary N) is 2. The van der Waals surface area contributed by atoms with Gasteiger partial charge in [0.2, 0.25) is 0 Å². The summed E-state index contributed by atoms with van der Waals surface area (Å²) >= 11 is 0. The maximum atomic E-state index is 12.4. The van der Waals surface area contributed by atoms with Gasteiger partial charge < -0.3 is 15.2 Å². The summed E-state index contributed by atoms with van der Waals surface area (Å²) in [6.07, 6.45) is 5.65. The molecule has 2 N–H and O–H groups in total. The number of carbonyl (C=O) groups is 1. The fourth-order valence-corrected chi connectivity index (χ4v) is 3.48. The molecule has 3 rings (SSSR count). The number of aromatic nitrogens is 1. The molecule has 0 saturated carbocycles. The van der Waals surface area contributed by atoms with Crippen LogP contribution in [0, 0.1) is 10.1 Å². The van der Waals surface area contributed by atoms with E-state index in [0.29, 0.717) is 24.3 Å². The first-order valence-corrected chi connectivity index (χ1v) is 7.48. The standard InChI is InChI=1S/C14H20N4O3/c1-2-17-8-12(18(20)21)7-13(17)14(19)16-11-5-9-3-4-10(6-11)15-9/h7-11,15H,2-6H2,1H3,(H,16,19). The molecule has 2 fully saturated rings. The predicted molar refractivity (Wildman–Crippen MR) is 77.2 cm³/mol. The van der Waals surface area contributed by atoms with Crippen molar-refractivity contribution in [2.24, 2.45) is 0 Å². The van der Waals surface area contributed by atoms with Crippen LogP contribution in [0.15, 0.2) is 12.3 Å². The Balaban J connectivity index is 1.71. The summed E-state index contributed by atoms with van der Waals surface area (Å²) in [6, 6.07) is 2.52. The van der Waals surface area contributed by atoms with E-state index in [1.807, 2.05) is 6.92 Å². The van der Waals surface area contributed by atoms with Gasteiger partial charge in [-0.15, -0.1) is 0 Å². The molecule has 2 bridgehead atoms. The second-order valence-corrected chi connectivity index (χ2v) is 5.91. The van der Waals surface area contributed by atoms with Crippen molar-refractivity contribution in [3.8, 4) is 0 Å². The van der Waals surface area contributed by atoms with Gasteiger partial charge in [-0.25, -0.2) is 0 Å². The number of rotatable bonds is 4. The lowest BCUT2D eigenvalue weighted by atomic mass is 10.00. The number of amides is 1. The fraction of sp³-hybridized carbons (Fsp3) is 0.643. The molecule has 0 radical (unpaired) electrons. The normalized spacial score (nSPS) is 27.6. The van der Waals surface area contributed by atoms with Crippen molar-refractivity contribution in [1.29, 1.82) is 0 Å². The zero-order valence-electron chi connectivity index (χ0n) is 12.0. The van der Waals surface area contributed by atoms with E-state index in [-0.39, 0.29) is 17.6 Å². The van der Waals surface area contributed by atoms with Crippen molar-refractivity contribution >= 4 is 11.6 Å². The van der Waals surface area contributed by atoms with E-state index >= 15 is 0 Å². The zero-order chi connectivity index (χ0) is 15.0. The van der Waals surface area contributed by atoms with Crippen LogP contribution in [-0.4, -0.2) is 33.5 Å². The number of hydrogen-bond donors (Lipinski definition) is 2. The van der Waals surface area contributed by atoms with E-state index in [9.17, 15) is 14.9 Å². The lowest BCUT2D eigenvalue weighted by Gasteiger charge is -2.29. The van der Waals surface area contributed by atoms with Crippen LogP contribution in [0.2, 0.25) is 0 Å². The Morgan fingerprint density at radius 1 is 1.48 bits per heavy atom. The summed E-state index contributed by atoms with van der Waals surface area (Å²) in [4.78, 5) is 22.8. The highest BCUT2D eigenvalue weighted by Crippen LogP contribution is 2.27. The predicted octanol–water partition coefficient (Wildman–Crippen LogP) is 1.43. The smallest absolute Gasteiger partial charge is 0.287 e. The molecule has 7 nitrogen and oxygen atoms in total. The van der Waals surface area contributed by atoms with Gasteiger partial charge in [0.05, 0.1) is 11.1 Å². The maximum Gasteiger partial charge on any atom is 0.287 e. The first-order chi connectivity index (χ1) is 10.1. The van der Waals surface area contributed by atoms with Crippen molar-refractivity contribution < 1.29 is 9.72 Å². The third-order valence-electron chi connectivity index (χ3n) is 4.47. The SMILES string of the molecule is CCn1cc([N+](=O)[O-])cc1C(=O)NC1CC2CCC(C1)N2. The summed E-state index contributed by atoms with van der Waals surface area (Å²) in [5, 5.41) is 17.4. The fourth-order valence-electron chi connectivity index (χ4n) is 3.48. The van der Waals surface area contributed by atoms with E-state index in [4.69, 9.17) is 0 Å². The quantitative estimate of drug-likeness (QED) is 0.649. The Bertz CT molecular complexity index is 557. The monoisotopic (exact) mass is 292 g/mol. The van der Waals surface area contributed by atoms with E-state index < -0.39 is 4.92 Å². The van der Waals surface area contributed by atoms with Crippen molar-refractivity contribution in [1.82, 2.24) is 15.2 Å². The Morgan fingerprint density at radius 3 is 2.71 bits per heavy atom. The Kier molecular flexibility index (Phi) is 3.67. The second kappa shape index (κ2) is 5.48. The highest BCUT2D eigenvalue weighted by atomic mass is 16.6. The lowest BCUT2D eigenvalue weighted by molar-refractivity contribution is -0.384. The summed E-state index contributed by atoms with van der Waals surface area (Å²) in [6.45, 7) is 2.40. The van der Waals surface area contributed by atoms with Crippen LogP contribution in [0.1, 0.15) is 43.1 Å². The van der Waals surface area contributed by atoms with Crippen molar-refractivity contribution in [3.63, 3.8) is 0 Å². The van der Waals surface area contributed by atoms with Gasteiger partial charge in [-0.1, -0.05) is 0 Å². The maximum absolute atomic E-state index is 12.4. The lowest BCUT2D eigenvalue weighted by Crippen LogP contribution is -2.48. The molecule has 3 heterocycles. The van der Waals surface area contributed by atoms with Gasteiger partial charge in [0, 0.05) is 30.7 Å². The molecule has 2 aliphatic rings. The van der Waals surface area contributed by atoms with Crippen molar-refractivity contribution in [2.45, 2.75) is 57.3 Å². The third-order valence-corrected chi connectivity index (χ3v) is 4.47. The summed E-state index contributed by atoms with van der Waals surface area (Å²) < 4.78 is 1.63. The molecule has 0 spiro atoms. The number of nitro groups is 1. The Labute approximate surface area is 122 Å². The largest absolute Gasteiger partial charge is 0.348 e. The molecule has 2 unspecified atom stereocenters. The summed E-state index contributed by atoms with van der Waals surface area (Å²) in [5.74, 6) is -0.212. The van der Waals surface area contributed by atoms with Gasteiger partial charge in [0.25, 0.3) is 11.6 Å². The minimum absolute atomic E-state index is 0.0348. The van der Waals surface area contributed by atoms with Crippen LogP contribution in [0.3, 0.4) is 0 Å². The Hall–Kier alpha value is -1.89. The number of aryl methyl sites for hydroxylation is 1. The highest BCUT2D eigenvalue weighted by molar-refractivity contribution is 5.93. The molecule has 0 aliphatic carbocycles. The topological polar surface area (TPSA) is 89.2 Å². The number of hydrogen-bond acceptors (Lipinski definition) is 4. The molecular formula is C14H20N4O3. The van der Waals surface area contributed by atoms with Crippen LogP contribution in [-0.2, 0) is 6.54 Å². The van der Waals surface area contributed by atoms with Gasteiger partial charge in [-0.05, 0) is 32.6 Å². The molecule has 0 aromatic carbocycles. The number of nitrogens with zero attached hydrogens (tertiary/aromatic N) is 2. The molecule has 1 aromatic rings.